The molecule has 5 rings (SSSR count). The largest absolute Gasteiger partial charge is 0.460 e. The van der Waals surface area contributed by atoms with E-state index in [0.29, 0.717) is 23.4 Å². The number of imidazole rings is 1. The Balaban J connectivity index is 1.38. The fourth-order valence-corrected chi connectivity index (χ4v) is 4.57. The number of fused-ring (bicyclic) bond motifs is 2. The van der Waals surface area contributed by atoms with Gasteiger partial charge in [-0.1, -0.05) is 24.3 Å². The average Bonchev–Trinajstić information content (AvgIpc) is 3.49. The van der Waals surface area contributed by atoms with E-state index in [1.165, 1.54) is 13.3 Å². The van der Waals surface area contributed by atoms with Gasteiger partial charge in [0.25, 0.3) is 0 Å². The molecule has 178 valence electrons. The number of ether oxygens (including phenoxy) is 2. The molecule has 1 aliphatic heterocycles. The molecule has 3 heterocycles. The van der Waals surface area contributed by atoms with E-state index in [0.717, 1.165) is 11.1 Å². The lowest BCUT2D eigenvalue weighted by Gasteiger charge is -2.22. The van der Waals surface area contributed by atoms with E-state index in [-0.39, 0.29) is 24.7 Å². The normalized spacial score (nSPS) is 24.3. The quantitative estimate of drug-likeness (QED) is 0.461. The maximum Gasteiger partial charge on any atom is 0.333 e. The van der Waals surface area contributed by atoms with Crippen molar-refractivity contribution in [3.8, 4) is 0 Å². The highest BCUT2D eigenvalue weighted by atomic mass is 32.2. The van der Waals surface area contributed by atoms with Crippen molar-refractivity contribution in [3.63, 3.8) is 0 Å². The molecule has 34 heavy (non-hydrogen) atoms. The Morgan fingerprint density at radius 3 is 2.88 bits per heavy atom. The van der Waals surface area contributed by atoms with E-state index in [1.807, 2.05) is 24.3 Å². The fourth-order valence-electron chi connectivity index (χ4n) is 4.25. The highest BCUT2D eigenvalue weighted by Gasteiger charge is 2.36. The molecular weight excluding hydrogens is 464 g/mol. The molecule has 2 aromatic heterocycles. The standard InChI is InChI=1S/C21H22N6O6S/c1-12(28)32-16-8-13-4-2-3-5-15(13)18(16)26-20-19-21(24-10-23-20)27(11-25-19)17-7-6-14(33-17)9-31-34(22,29)30/h2-7,10-11,14,16-18H,8-9H2,1H3,(H2,22,29,30)(H,23,24,26)/t14-,16+,17-,18-/m1/s1. The Labute approximate surface area is 195 Å². The third-order valence-electron chi connectivity index (χ3n) is 5.63. The first-order chi connectivity index (χ1) is 16.3. The second-order valence-electron chi connectivity index (χ2n) is 7.95. The molecule has 1 aromatic carbocycles. The summed E-state index contributed by atoms with van der Waals surface area (Å²) in [5.41, 5.74) is 3.14. The Hall–Kier alpha value is -3.13. The monoisotopic (exact) mass is 486 g/mol. The van der Waals surface area contributed by atoms with Crippen LogP contribution in [0.5, 0.6) is 0 Å². The van der Waals surface area contributed by atoms with E-state index in [9.17, 15) is 13.2 Å². The van der Waals surface area contributed by atoms with E-state index in [1.54, 1.807) is 23.7 Å². The van der Waals surface area contributed by atoms with Gasteiger partial charge in [-0.2, -0.15) is 8.42 Å². The summed E-state index contributed by atoms with van der Waals surface area (Å²) in [4.78, 5) is 24.9. The predicted octanol–water partition coefficient (Wildman–Crippen LogP) is 0.993. The van der Waals surface area contributed by atoms with Crippen molar-refractivity contribution >= 4 is 33.3 Å². The van der Waals surface area contributed by atoms with Gasteiger partial charge >= 0.3 is 16.3 Å². The van der Waals surface area contributed by atoms with Crippen LogP contribution in [0.4, 0.5) is 5.82 Å². The van der Waals surface area contributed by atoms with Gasteiger partial charge in [0.05, 0.1) is 25.1 Å². The summed E-state index contributed by atoms with van der Waals surface area (Å²) >= 11 is 0. The Kier molecular flexibility index (Phi) is 5.93. The van der Waals surface area contributed by atoms with Crippen molar-refractivity contribution in [1.29, 1.82) is 0 Å². The zero-order valence-electron chi connectivity index (χ0n) is 18.1. The highest BCUT2D eigenvalue weighted by molar-refractivity contribution is 7.84. The molecule has 1 saturated heterocycles. The summed E-state index contributed by atoms with van der Waals surface area (Å²) in [6, 6.07) is 7.60. The van der Waals surface area contributed by atoms with Crippen molar-refractivity contribution < 1.29 is 26.9 Å². The third kappa shape index (κ3) is 4.59. The highest BCUT2D eigenvalue weighted by Crippen LogP contribution is 2.37. The van der Waals surface area contributed by atoms with Crippen molar-refractivity contribution in [2.75, 3.05) is 11.9 Å². The molecule has 1 aliphatic carbocycles. The van der Waals surface area contributed by atoms with Gasteiger partial charge in [-0.15, -0.1) is 0 Å². The van der Waals surface area contributed by atoms with E-state index >= 15 is 0 Å². The molecule has 0 amide bonds. The van der Waals surface area contributed by atoms with Crippen LogP contribution in [0, 0.1) is 12.8 Å². The van der Waals surface area contributed by atoms with Gasteiger partial charge < -0.3 is 14.8 Å². The van der Waals surface area contributed by atoms with E-state index in [4.69, 9.17) is 14.6 Å². The summed E-state index contributed by atoms with van der Waals surface area (Å²) in [7, 11) is -4.06. The van der Waals surface area contributed by atoms with Crippen LogP contribution in [0.15, 0.2) is 36.9 Å². The maximum atomic E-state index is 11.7. The fraction of sp³-hybridized carbons (Fsp3) is 0.333. The number of aromatic nitrogens is 4. The van der Waals surface area contributed by atoms with Crippen molar-refractivity contribution in [3.05, 3.63) is 60.9 Å². The zero-order chi connectivity index (χ0) is 23.9. The molecule has 0 spiro atoms. The third-order valence-corrected chi connectivity index (χ3v) is 6.09. The molecule has 3 N–H and O–H groups in total. The van der Waals surface area contributed by atoms with Gasteiger partial charge in [0, 0.05) is 26.2 Å². The molecule has 4 atom stereocenters. The first kappa shape index (κ1) is 22.7. The van der Waals surface area contributed by atoms with E-state index < -0.39 is 22.6 Å². The zero-order valence-corrected chi connectivity index (χ0v) is 18.9. The number of carbonyl (C=O) groups excluding carboxylic acids is 1. The molecule has 3 aromatic rings. The number of nitrogens with one attached hydrogen (secondary N) is 1. The Morgan fingerprint density at radius 1 is 1.26 bits per heavy atom. The lowest BCUT2D eigenvalue weighted by Crippen LogP contribution is -2.27. The lowest BCUT2D eigenvalue weighted by atomic mass is 10.1. The molecule has 2 aliphatic rings. The van der Waals surface area contributed by atoms with Crippen molar-refractivity contribution in [1.82, 2.24) is 19.5 Å². The number of anilines is 1. The number of nitrogens with two attached hydrogens (primary N) is 1. The minimum absolute atomic E-state index is 0.237. The minimum atomic E-state index is -4.06. The molecule has 0 bridgehead atoms. The number of benzene rings is 1. The molecule has 2 radical (unpaired) electrons. The van der Waals surface area contributed by atoms with Gasteiger partial charge in [0.15, 0.2) is 17.0 Å². The number of nitrogens with zero attached hydrogens (tertiary/aromatic N) is 4. The smallest absolute Gasteiger partial charge is 0.333 e. The molecule has 12 nitrogen and oxygen atoms in total. The van der Waals surface area contributed by atoms with Crippen molar-refractivity contribution in [2.24, 2.45) is 5.14 Å². The molecule has 0 unspecified atom stereocenters. The van der Waals surface area contributed by atoms with Crippen LogP contribution in [0.2, 0.25) is 0 Å². The first-order valence-electron chi connectivity index (χ1n) is 10.5. The molecule has 13 heteroatoms. The average molecular weight is 487 g/mol. The summed E-state index contributed by atoms with van der Waals surface area (Å²) in [6.45, 7) is 1.15. The number of hydrogen-bond acceptors (Lipinski definition) is 10. The van der Waals surface area contributed by atoms with Crippen LogP contribution < -0.4 is 10.5 Å². The summed E-state index contributed by atoms with van der Waals surface area (Å²) < 4.78 is 39.7. The van der Waals surface area contributed by atoms with E-state index in [2.05, 4.69) is 24.5 Å². The Morgan fingerprint density at radius 2 is 2.09 bits per heavy atom. The van der Waals surface area contributed by atoms with Gasteiger partial charge in [-0.25, -0.2) is 20.1 Å². The first-order valence-corrected chi connectivity index (χ1v) is 12.0. The maximum absolute atomic E-state index is 11.7. The molecular formula is C21H22N6O6S. The summed E-state index contributed by atoms with van der Waals surface area (Å²) in [5.74, 6) is 0.131. The second kappa shape index (κ2) is 8.91. The van der Waals surface area contributed by atoms with Crippen LogP contribution in [0.3, 0.4) is 0 Å². The lowest BCUT2D eigenvalue weighted by molar-refractivity contribution is -0.146. The van der Waals surface area contributed by atoms with Crippen molar-refractivity contribution in [2.45, 2.75) is 37.8 Å². The van der Waals surface area contributed by atoms with Crippen LogP contribution in [0.25, 0.3) is 11.2 Å². The number of carbonyl (C=O) groups is 1. The topological polar surface area (TPSA) is 161 Å². The summed E-state index contributed by atoms with van der Waals surface area (Å²) in [5, 5.41) is 8.25. The van der Waals surface area contributed by atoms with Gasteiger partial charge in [0.2, 0.25) is 0 Å². The van der Waals surface area contributed by atoms with Crippen LogP contribution in [-0.2, 0) is 35.2 Å². The predicted molar refractivity (Wildman–Crippen MR) is 119 cm³/mol. The van der Waals surface area contributed by atoms with Gasteiger partial charge in [0.1, 0.15) is 18.7 Å². The molecule has 1 fully saturated rings. The minimum Gasteiger partial charge on any atom is -0.460 e. The second-order valence-corrected chi connectivity index (χ2v) is 9.17. The Bertz CT molecular complexity index is 1330. The van der Waals surface area contributed by atoms with Crippen LogP contribution in [-0.4, -0.2) is 52.7 Å². The number of rotatable bonds is 7. The SMILES string of the molecule is CC(=O)O[C@H]1Cc2ccccc2[C@H]1Nc1ncnc2c1ncn2[C@H]1[CH][CH][C@H](COS(N)(=O)=O)O1. The summed E-state index contributed by atoms with van der Waals surface area (Å²) in [6.07, 6.45) is 5.45. The van der Waals surface area contributed by atoms with Crippen LogP contribution >= 0.6 is 0 Å². The number of esters is 1. The van der Waals surface area contributed by atoms with Gasteiger partial charge in [-0.3, -0.25) is 13.5 Å². The van der Waals surface area contributed by atoms with Crippen LogP contribution in [0.1, 0.15) is 30.3 Å². The van der Waals surface area contributed by atoms with Gasteiger partial charge in [-0.05, 0) is 11.1 Å². The number of hydrogen-bond donors (Lipinski definition) is 2. The molecule has 0 saturated carbocycles.